The summed E-state index contributed by atoms with van der Waals surface area (Å²) >= 11 is 0. The fourth-order valence-corrected chi connectivity index (χ4v) is 2.25. The van der Waals surface area contributed by atoms with Gasteiger partial charge < -0.3 is 30.3 Å². The Morgan fingerprint density at radius 3 is 1.73 bits per heavy atom. The van der Waals surface area contributed by atoms with Crippen LogP contribution in [-0.2, 0) is 20.7 Å². The summed E-state index contributed by atoms with van der Waals surface area (Å²) in [7, 11) is -4.68. The molecule has 14 heteroatoms. The molecule has 150 valence electrons. The lowest BCUT2D eigenvalue weighted by atomic mass is 10.1. The SMILES string of the molecule is CCNc1c(O)c(NCCS(=O)(=O)O)c(OC)c(O)c1OC.O=S(=O)=O. The number of hydrogen-bond acceptors (Lipinski definition) is 11. The first kappa shape index (κ1) is 23.5. The zero-order chi connectivity index (χ0) is 20.5. The molecule has 12 nitrogen and oxygen atoms in total. The molecule has 0 fully saturated rings. The van der Waals surface area contributed by atoms with Crippen molar-refractivity contribution in [3.05, 3.63) is 0 Å². The van der Waals surface area contributed by atoms with Crippen molar-refractivity contribution in [2.45, 2.75) is 6.92 Å². The van der Waals surface area contributed by atoms with Crippen LogP contribution in [0.1, 0.15) is 6.92 Å². The number of phenolic OH excluding ortho intramolecular Hbond substituents is 2. The van der Waals surface area contributed by atoms with Crippen molar-refractivity contribution in [2.24, 2.45) is 0 Å². The third-order valence-corrected chi connectivity index (χ3v) is 3.50. The number of methoxy groups -OCH3 is 2. The van der Waals surface area contributed by atoms with Crippen molar-refractivity contribution in [1.29, 1.82) is 0 Å². The fraction of sp³-hybridized carbons (Fsp3) is 0.500. The first-order chi connectivity index (χ1) is 12.0. The molecule has 0 aliphatic heterocycles. The van der Waals surface area contributed by atoms with E-state index in [0.717, 1.165) is 0 Å². The molecule has 5 N–H and O–H groups in total. The van der Waals surface area contributed by atoms with Gasteiger partial charge in [-0.1, -0.05) is 0 Å². The molecular formula is C12H20N2O10S2. The van der Waals surface area contributed by atoms with Crippen LogP contribution in [0.4, 0.5) is 11.4 Å². The van der Waals surface area contributed by atoms with Gasteiger partial charge in [0.25, 0.3) is 10.1 Å². The summed E-state index contributed by atoms with van der Waals surface area (Å²) < 4.78 is 65.6. The number of nitrogens with one attached hydrogen (secondary N) is 2. The van der Waals surface area contributed by atoms with Crippen LogP contribution in [0, 0.1) is 0 Å². The van der Waals surface area contributed by atoms with Crippen molar-refractivity contribution in [3.63, 3.8) is 0 Å². The predicted octanol–water partition coefficient (Wildman–Crippen LogP) is -0.158. The highest BCUT2D eigenvalue weighted by Gasteiger charge is 2.25. The quantitative estimate of drug-likeness (QED) is 0.214. The maximum atomic E-state index is 10.7. The van der Waals surface area contributed by atoms with Gasteiger partial charge in [0.1, 0.15) is 11.4 Å². The number of aromatic hydroxyl groups is 2. The van der Waals surface area contributed by atoms with Crippen molar-refractivity contribution in [1.82, 2.24) is 0 Å². The van der Waals surface area contributed by atoms with Gasteiger partial charge in [0, 0.05) is 13.1 Å². The van der Waals surface area contributed by atoms with Crippen molar-refractivity contribution >= 4 is 32.1 Å². The molecule has 0 saturated carbocycles. The Labute approximate surface area is 151 Å². The molecule has 0 aliphatic rings. The largest absolute Gasteiger partial charge is 0.504 e. The molecule has 1 rings (SSSR count). The minimum atomic E-state index is -4.16. The van der Waals surface area contributed by atoms with Gasteiger partial charge in [0.15, 0.2) is 17.2 Å². The Morgan fingerprint density at radius 1 is 0.962 bits per heavy atom. The molecule has 0 aromatic heterocycles. The molecule has 0 spiro atoms. The number of benzene rings is 1. The van der Waals surface area contributed by atoms with Gasteiger partial charge in [0.2, 0.25) is 5.75 Å². The van der Waals surface area contributed by atoms with Gasteiger partial charge in [0.05, 0.1) is 20.0 Å². The number of rotatable bonds is 8. The van der Waals surface area contributed by atoms with Crippen molar-refractivity contribution < 1.29 is 45.3 Å². The third kappa shape index (κ3) is 7.20. The van der Waals surface area contributed by atoms with Crippen LogP contribution in [0.2, 0.25) is 0 Å². The molecule has 0 saturated heterocycles. The summed E-state index contributed by atoms with van der Waals surface area (Å²) in [5.74, 6) is -1.33. The summed E-state index contributed by atoms with van der Waals surface area (Å²) in [5, 5.41) is 25.9. The van der Waals surface area contributed by atoms with Gasteiger partial charge in [-0.15, -0.1) is 12.6 Å². The monoisotopic (exact) mass is 416 g/mol. The first-order valence-electron chi connectivity index (χ1n) is 6.89. The molecule has 0 unspecified atom stereocenters. The first-order valence-corrected chi connectivity index (χ1v) is 9.50. The zero-order valence-corrected chi connectivity index (χ0v) is 15.8. The van der Waals surface area contributed by atoms with Gasteiger partial charge in [-0.3, -0.25) is 4.55 Å². The lowest BCUT2D eigenvalue weighted by Crippen LogP contribution is -2.15. The molecule has 1 aromatic rings. The molecule has 0 radical (unpaired) electrons. The van der Waals surface area contributed by atoms with E-state index in [1.165, 1.54) is 14.2 Å². The third-order valence-electron chi connectivity index (χ3n) is 2.78. The van der Waals surface area contributed by atoms with E-state index in [0.29, 0.717) is 6.54 Å². The smallest absolute Gasteiger partial charge is 0.425 e. The van der Waals surface area contributed by atoms with E-state index in [9.17, 15) is 18.6 Å². The molecule has 0 atom stereocenters. The summed E-state index contributed by atoms with van der Waals surface area (Å²) in [5.41, 5.74) is 0.123. The average Bonchev–Trinajstić information content (AvgIpc) is 2.50. The second-order valence-corrected chi connectivity index (χ2v) is 6.44. The lowest BCUT2D eigenvalue weighted by Gasteiger charge is -2.20. The standard InChI is InChI=1S/C12H20N2O7S.O3S/c1-4-13-7-9(15)8(14-5-6-22(17,18)19)12(21-3)10(16)11(7)20-2;1-4(2)3/h13-16H,4-6H2,1-3H3,(H,17,18,19);. The highest BCUT2D eigenvalue weighted by molar-refractivity contribution is 7.85. The van der Waals surface area contributed by atoms with Gasteiger partial charge in [-0.2, -0.15) is 8.42 Å². The van der Waals surface area contributed by atoms with Crippen LogP contribution in [0.3, 0.4) is 0 Å². The number of ether oxygens (including phenoxy) is 2. The normalized spacial score (nSPS) is 10.3. The highest BCUT2D eigenvalue weighted by Crippen LogP contribution is 2.53. The van der Waals surface area contributed by atoms with E-state index in [1.54, 1.807) is 6.92 Å². The molecule has 26 heavy (non-hydrogen) atoms. The second-order valence-electron chi connectivity index (χ2n) is 4.46. The summed E-state index contributed by atoms with van der Waals surface area (Å²) in [4.78, 5) is 0. The lowest BCUT2D eigenvalue weighted by molar-refractivity contribution is 0.337. The molecule has 0 aliphatic carbocycles. The van der Waals surface area contributed by atoms with Gasteiger partial charge >= 0.3 is 10.6 Å². The molecular weight excluding hydrogens is 396 g/mol. The molecule has 1 aromatic carbocycles. The van der Waals surface area contributed by atoms with Crippen LogP contribution in [-0.4, -0.2) is 68.9 Å². The topological polar surface area (TPSA) is 189 Å². The van der Waals surface area contributed by atoms with Gasteiger partial charge in [-0.05, 0) is 6.92 Å². The zero-order valence-electron chi connectivity index (χ0n) is 14.1. The summed E-state index contributed by atoms with van der Waals surface area (Å²) in [6.07, 6.45) is 0. The van der Waals surface area contributed by atoms with E-state index in [-0.39, 0.29) is 40.9 Å². The van der Waals surface area contributed by atoms with E-state index in [1.807, 2.05) is 0 Å². The minimum absolute atomic E-state index is 0.00321. The van der Waals surface area contributed by atoms with Crippen LogP contribution < -0.4 is 20.1 Å². The van der Waals surface area contributed by atoms with Gasteiger partial charge in [-0.25, -0.2) is 0 Å². The summed E-state index contributed by atoms with van der Waals surface area (Å²) in [6, 6.07) is 0. The minimum Gasteiger partial charge on any atom is -0.504 e. The Balaban J connectivity index is 0.00000141. The number of hydrogen-bond donors (Lipinski definition) is 5. The maximum absolute atomic E-state index is 10.7. The van der Waals surface area contributed by atoms with Crippen molar-refractivity contribution in [3.8, 4) is 23.0 Å². The van der Waals surface area contributed by atoms with Crippen LogP contribution in [0.5, 0.6) is 23.0 Å². The number of anilines is 2. The van der Waals surface area contributed by atoms with Crippen LogP contribution in [0.25, 0.3) is 0 Å². The predicted molar refractivity (Wildman–Crippen MR) is 91.6 cm³/mol. The second kappa shape index (κ2) is 10.5. The van der Waals surface area contributed by atoms with E-state index in [4.69, 9.17) is 26.7 Å². The van der Waals surface area contributed by atoms with E-state index in [2.05, 4.69) is 10.6 Å². The fourth-order valence-electron chi connectivity index (χ4n) is 1.89. The number of phenols is 2. The van der Waals surface area contributed by atoms with Crippen molar-refractivity contribution in [2.75, 3.05) is 43.7 Å². The highest BCUT2D eigenvalue weighted by atomic mass is 32.2. The Bertz CT molecular complexity index is 815. The Hall–Kier alpha value is -2.45. The molecule has 0 bridgehead atoms. The average molecular weight is 416 g/mol. The van der Waals surface area contributed by atoms with Crippen LogP contribution >= 0.6 is 0 Å². The van der Waals surface area contributed by atoms with E-state index >= 15 is 0 Å². The summed E-state index contributed by atoms with van der Waals surface area (Å²) in [6.45, 7) is 2.03. The molecule has 0 amide bonds. The molecule has 0 heterocycles. The van der Waals surface area contributed by atoms with Crippen LogP contribution in [0.15, 0.2) is 0 Å². The Kier molecular flexibility index (Phi) is 9.53. The maximum Gasteiger partial charge on any atom is 0.425 e. The van der Waals surface area contributed by atoms with E-state index < -0.39 is 26.5 Å². The Morgan fingerprint density at radius 2 is 1.38 bits per heavy atom.